The van der Waals surface area contributed by atoms with E-state index in [0.717, 1.165) is 29.7 Å². The number of hydrogen-bond acceptors (Lipinski definition) is 4. The fourth-order valence-electron chi connectivity index (χ4n) is 3.02. The van der Waals surface area contributed by atoms with Crippen molar-refractivity contribution in [2.75, 3.05) is 5.32 Å². The number of carbonyl (C=O) groups is 1. The Hall–Kier alpha value is -2.37. The molecule has 0 aliphatic heterocycles. The lowest BCUT2D eigenvalue weighted by atomic mass is 9.93. The Bertz CT molecular complexity index is 767. The molecule has 0 saturated heterocycles. The van der Waals surface area contributed by atoms with E-state index in [0.29, 0.717) is 17.6 Å². The Morgan fingerprint density at radius 1 is 1.36 bits per heavy atom. The first-order valence-electron chi connectivity index (χ1n) is 8.98. The SMILES string of the molecule is CCc1noc(-c2ccc(C)c(NC(=O)N[C@@](C)(CC)C3CC3)c2)n1. The fourth-order valence-corrected chi connectivity index (χ4v) is 3.02. The lowest BCUT2D eigenvalue weighted by Crippen LogP contribution is -2.49. The van der Waals surface area contributed by atoms with E-state index in [1.165, 1.54) is 12.8 Å². The van der Waals surface area contributed by atoms with E-state index in [1.807, 2.05) is 32.0 Å². The number of aromatic nitrogens is 2. The molecule has 0 spiro atoms. The van der Waals surface area contributed by atoms with Crippen LogP contribution < -0.4 is 10.6 Å². The van der Waals surface area contributed by atoms with Crippen LogP contribution in [0.1, 0.15) is 51.4 Å². The second-order valence-corrected chi connectivity index (χ2v) is 7.02. The third-order valence-corrected chi connectivity index (χ3v) is 5.13. The summed E-state index contributed by atoms with van der Waals surface area (Å²) in [7, 11) is 0. The van der Waals surface area contributed by atoms with Crippen molar-refractivity contribution < 1.29 is 9.32 Å². The lowest BCUT2D eigenvalue weighted by Gasteiger charge is -2.30. The topological polar surface area (TPSA) is 80.0 Å². The number of benzene rings is 1. The van der Waals surface area contributed by atoms with Crippen molar-refractivity contribution in [1.82, 2.24) is 15.5 Å². The monoisotopic (exact) mass is 342 g/mol. The van der Waals surface area contributed by atoms with Crippen LogP contribution in [0, 0.1) is 12.8 Å². The molecular formula is C19H26N4O2. The van der Waals surface area contributed by atoms with Gasteiger partial charge in [-0.2, -0.15) is 4.98 Å². The standard InChI is InChI=1S/C19H26N4O2/c1-5-16-21-17(25-23-16)13-8-7-12(3)15(11-13)20-18(24)22-19(4,6-2)14-9-10-14/h7-8,11,14H,5-6,9-10H2,1-4H3,(H2,20,22,24)/t19-/m0/s1. The number of anilines is 1. The molecule has 1 saturated carbocycles. The van der Waals surface area contributed by atoms with Crippen molar-refractivity contribution in [3.63, 3.8) is 0 Å². The molecule has 134 valence electrons. The zero-order valence-corrected chi connectivity index (χ0v) is 15.3. The van der Waals surface area contributed by atoms with Gasteiger partial charge in [0, 0.05) is 23.2 Å². The number of nitrogens with one attached hydrogen (secondary N) is 2. The second kappa shape index (κ2) is 6.86. The maximum Gasteiger partial charge on any atom is 0.319 e. The Labute approximate surface area is 148 Å². The number of amides is 2. The van der Waals surface area contributed by atoms with Crippen LogP contribution in [0.5, 0.6) is 0 Å². The predicted octanol–water partition coefficient (Wildman–Crippen LogP) is 4.31. The summed E-state index contributed by atoms with van der Waals surface area (Å²) in [5.41, 5.74) is 2.39. The van der Waals surface area contributed by atoms with Gasteiger partial charge in [-0.3, -0.25) is 0 Å². The van der Waals surface area contributed by atoms with Crippen LogP contribution in [0.3, 0.4) is 0 Å². The normalized spacial score (nSPS) is 16.3. The predicted molar refractivity (Wildman–Crippen MR) is 97.4 cm³/mol. The maximum atomic E-state index is 12.5. The van der Waals surface area contributed by atoms with E-state index in [-0.39, 0.29) is 11.6 Å². The van der Waals surface area contributed by atoms with Gasteiger partial charge in [-0.15, -0.1) is 0 Å². The number of carbonyl (C=O) groups excluding carboxylic acids is 1. The molecule has 1 aliphatic rings. The Morgan fingerprint density at radius 3 is 2.72 bits per heavy atom. The maximum absolute atomic E-state index is 12.5. The van der Waals surface area contributed by atoms with Crippen molar-refractivity contribution in [3.05, 3.63) is 29.6 Å². The molecule has 6 nitrogen and oxygen atoms in total. The summed E-state index contributed by atoms with van der Waals surface area (Å²) in [5, 5.41) is 10.0. The zero-order chi connectivity index (χ0) is 18.0. The second-order valence-electron chi connectivity index (χ2n) is 7.02. The summed E-state index contributed by atoms with van der Waals surface area (Å²) >= 11 is 0. The number of hydrogen-bond donors (Lipinski definition) is 2. The summed E-state index contributed by atoms with van der Waals surface area (Å²) in [4.78, 5) is 16.8. The molecule has 1 atom stereocenters. The molecule has 25 heavy (non-hydrogen) atoms. The molecular weight excluding hydrogens is 316 g/mol. The highest BCUT2D eigenvalue weighted by atomic mass is 16.5. The Balaban J connectivity index is 1.75. The summed E-state index contributed by atoms with van der Waals surface area (Å²) in [6.07, 6.45) is 4.03. The average Bonchev–Trinajstić information content (AvgIpc) is 3.35. The molecule has 1 heterocycles. The van der Waals surface area contributed by atoms with Crippen LogP contribution in [-0.2, 0) is 6.42 Å². The van der Waals surface area contributed by atoms with E-state index in [2.05, 4.69) is 34.6 Å². The van der Waals surface area contributed by atoms with E-state index in [4.69, 9.17) is 4.52 Å². The van der Waals surface area contributed by atoms with Gasteiger partial charge in [0.1, 0.15) is 0 Å². The number of urea groups is 1. The molecule has 1 aliphatic carbocycles. The largest absolute Gasteiger partial charge is 0.334 e. The molecule has 2 aromatic rings. The first-order valence-corrected chi connectivity index (χ1v) is 8.98. The van der Waals surface area contributed by atoms with E-state index in [9.17, 15) is 4.79 Å². The van der Waals surface area contributed by atoms with Gasteiger partial charge in [-0.1, -0.05) is 25.1 Å². The van der Waals surface area contributed by atoms with Gasteiger partial charge in [0.15, 0.2) is 5.82 Å². The minimum Gasteiger partial charge on any atom is -0.334 e. The first kappa shape index (κ1) is 17.5. The zero-order valence-electron chi connectivity index (χ0n) is 15.3. The highest BCUT2D eigenvalue weighted by Crippen LogP contribution is 2.41. The quantitative estimate of drug-likeness (QED) is 0.820. The van der Waals surface area contributed by atoms with Crippen molar-refractivity contribution in [1.29, 1.82) is 0 Å². The smallest absolute Gasteiger partial charge is 0.319 e. The van der Waals surface area contributed by atoms with Crippen molar-refractivity contribution in [3.8, 4) is 11.5 Å². The Morgan fingerprint density at radius 2 is 2.12 bits per heavy atom. The van der Waals surface area contributed by atoms with Crippen molar-refractivity contribution in [2.45, 2.75) is 58.9 Å². The summed E-state index contributed by atoms with van der Waals surface area (Å²) in [6, 6.07) is 5.57. The molecule has 2 N–H and O–H groups in total. The fraction of sp³-hybridized carbons (Fsp3) is 0.526. The van der Waals surface area contributed by atoms with Gasteiger partial charge in [0.05, 0.1) is 0 Å². The summed E-state index contributed by atoms with van der Waals surface area (Å²) in [6.45, 7) is 8.18. The van der Waals surface area contributed by atoms with Gasteiger partial charge < -0.3 is 15.2 Å². The third kappa shape index (κ3) is 3.83. The molecule has 2 amide bonds. The van der Waals surface area contributed by atoms with Crippen molar-refractivity contribution in [2.24, 2.45) is 5.92 Å². The van der Waals surface area contributed by atoms with Crippen LogP contribution in [0.25, 0.3) is 11.5 Å². The summed E-state index contributed by atoms with van der Waals surface area (Å²) < 4.78 is 5.29. The highest BCUT2D eigenvalue weighted by molar-refractivity contribution is 5.91. The van der Waals surface area contributed by atoms with Crippen LogP contribution in [0.2, 0.25) is 0 Å². The molecule has 3 rings (SSSR count). The van der Waals surface area contributed by atoms with Crippen LogP contribution in [-0.4, -0.2) is 21.7 Å². The van der Waals surface area contributed by atoms with Crippen LogP contribution in [0.4, 0.5) is 10.5 Å². The molecule has 0 radical (unpaired) electrons. The number of rotatable bonds is 6. The van der Waals surface area contributed by atoms with Crippen LogP contribution in [0.15, 0.2) is 22.7 Å². The molecule has 1 fully saturated rings. The van der Waals surface area contributed by atoms with E-state index in [1.54, 1.807) is 0 Å². The van der Waals surface area contributed by atoms with E-state index < -0.39 is 0 Å². The van der Waals surface area contributed by atoms with Gasteiger partial charge >= 0.3 is 6.03 Å². The van der Waals surface area contributed by atoms with Gasteiger partial charge in [-0.05, 0) is 56.7 Å². The molecule has 0 unspecified atom stereocenters. The molecule has 1 aromatic carbocycles. The summed E-state index contributed by atoms with van der Waals surface area (Å²) in [5.74, 6) is 1.73. The van der Waals surface area contributed by atoms with Crippen molar-refractivity contribution >= 4 is 11.7 Å². The van der Waals surface area contributed by atoms with E-state index >= 15 is 0 Å². The highest BCUT2D eigenvalue weighted by Gasteiger charge is 2.41. The average molecular weight is 342 g/mol. The third-order valence-electron chi connectivity index (χ3n) is 5.13. The Kier molecular flexibility index (Phi) is 4.79. The lowest BCUT2D eigenvalue weighted by molar-refractivity contribution is 0.231. The first-order chi connectivity index (χ1) is 11.9. The molecule has 1 aromatic heterocycles. The number of nitrogens with zero attached hydrogens (tertiary/aromatic N) is 2. The molecule has 0 bridgehead atoms. The van der Waals surface area contributed by atoms with Gasteiger partial charge in [0.2, 0.25) is 0 Å². The minimum atomic E-state index is -0.170. The van der Waals surface area contributed by atoms with Gasteiger partial charge in [-0.25, -0.2) is 4.79 Å². The minimum absolute atomic E-state index is 0.141. The molecule has 6 heteroatoms. The number of aryl methyl sites for hydroxylation is 2. The van der Waals surface area contributed by atoms with Gasteiger partial charge in [0.25, 0.3) is 5.89 Å². The van der Waals surface area contributed by atoms with Crippen LogP contribution >= 0.6 is 0 Å².